The van der Waals surface area contributed by atoms with Crippen LogP contribution in [-0.2, 0) is 4.79 Å². The summed E-state index contributed by atoms with van der Waals surface area (Å²) in [6.45, 7) is 5.00. The van der Waals surface area contributed by atoms with Crippen molar-refractivity contribution < 1.29 is 18.1 Å². The van der Waals surface area contributed by atoms with Crippen LogP contribution in [-0.4, -0.2) is 17.1 Å². The predicted molar refractivity (Wildman–Crippen MR) is 77.2 cm³/mol. The molecule has 1 heterocycles. The van der Waals surface area contributed by atoms with Crippen LogP contribution in [0.3, 0.4) is 0 Å². The van der Waals surface area contributed by atoms with E-state index in [-0.39, 0.29) is 17.4 Å². The van der Waals surface area contributed by atoms with Crippen molar-refractivity contribution in [3.8, 4) is 0 Å². The van der Waals surface area contributed by atoms with Crippen molar-refractivity contribution in [2.24, 2.45) is 0 Å². The Hall–Kier alpha value is -2.28. The van der Waals surface area contributed by atoms with E-state index < -0.39 is 23.7 Å². The molecule has 1 aromatic heterocycles. The van der Waals surface area contributed by atoms with Crippen molar-refractivity contribution in [2.75, 3.05) is 5.32 Å². The van der Waals surface area contributed by atoms with Crippen LogP contribution in [0.15, 0.2) is 28.8 Å². The second-order valence-electron chi connectivity index (χ2n) is 5.10. The molecule has 0 aliphatic rings. The molecule has 1 amide bonds. The zero-order chi connectivity index (χ0) is 16.3. The van der Waals surface area contributed by atoms with Crippen LogP contribution >= 0.6 is 0 Å². The van der Waals surface area contributed by atoms with Crippen molar-refractivity contribution in [2.45, 2.75) is 32.9 Å². The third kappa shape index (κ3) is 3.88. The van der Waals surface area contributed by atoms with E-state index in [0.29, 0.717) is 5.69 Å². The van der Waals surface area contributed by atoms with Crippen LogP contribution in [0.25, 0.3) is 0 Å². The van der Waals surface area contributed by atoms with Crippen LogP contribution in [0.5, 0.6) is 0 Å². The highest BCUT2D eigenvalue weighted by Crippen LogP contribution is 2.18. The molecule has 0 fully saturated rings. The molecule has 118 valence electrons. The van der Waals surface area contributed by atoms with E-state index >= 15 is 0 Å². The van der Waals surface area contributed by atoms with Gasteiger partial charge in [-0.1, -0.05) is 5.16 Å². The van der Waals surface area contributed by atoms with E-state index in [1.54, 1.807) is 26.8 Å². The molecule has 0 aliphatic carbocycles. The number of carbonyl (C=O) groups is 1. The smallest absolute Gasteiger partial charge is 0.243 e. The highest BCUT2D eigenvalue weighted by molar-refractivity contribution is 5.93. The molecule has 5 nitrogen and oxygen atoms in total. The molecular formula is C15H17F2N3O2. The quantitative estimate of drug-likeness (QED) is 0.891. The van der Waals surface area contributed by atoms with Gasteiger partial charge in [-0.05, 0) is 39.0 Å². The first-order valence-corrected chi connectivity index (χ1v) is 6.82. The van der Waals surface area contributed by atoms with Crippen molar-refractivity contribution >= 4 is 11.8 Å². The van der Waals surface area contributed by atoms with Gasteiger partial charge in [-0.3, -0.25) is 15.4 Å². The zero-order valence-corrected chi connectivity index (χ0v) is 12.5. The number of halogens is 2. The molecule has 22 heavy (non-hydrogen) atoms. The molecule has 2 unspecified atom stereocenters. The van der Waals surface area contributed by atoms with E-state index in [4.69, 9.17) is 4.52 Å². The molecular weight excluding hydrogens is 292 g/mol. The average molecular weight is 309 g/mol. The Labute approximate surface area is 126 Å². The summed E-state index contributed by atoms with van der Waals surface area (Å²) in [7, 11) is 0. The Kier molecular flexibility index (Phi) is 4.87. The van der Waals surface area contributed by atoms with Gasteiger partial charge >= 0.3 is 0 Å². The summed E-state index contributed by atoms with van der Waals surface area (Å²) in [5.41, 5.74) is 0.807. The van der Waals surface area contributed by atoms with Crippen LogP contribution in [0.2, 0.25) is 0 Å². The van der Waals surface area contributed by atoms with Gasteiger partial charge in [0, 0.05) is 17.7 Å². The lowest BCUT2D eigenvalue weighted by atomic mass is 10.1. The summed E-state index contributed by atoms with van der Waals surface area (Å²) in [5.74, 6) is -1.18. The minimum Gasteiger partial charge on any atom is -0.338 e. The van der Waals surface area contributed by atoms with Gasteiger partial charge in [0.15, 0.2) is 0 Å². The minimum absolute atomic E-state index is 0.162. The van der Waals surface area contributed by atoms with Crippen molar-refractivity contribution in [1.82, 2.24) is 10.5 Å². The molecule has 2 atom stereocenters. The fraction of sp³-hybridized carbons (Fsp3) is 0.333. The van der Waals surface area contributed by atoms with E-state index in [9.17, 15) is 13.6 Å². The molecule has 0 saturated carbocycles. The Bertz CT molecular complexity index is 673. The van der Waals surface area contributed by atoms with Gasteiger partial charge in [-0.25, -0.2) is 8.78 Å². The number of anilines is 1. The maximum atomic E-state index is 13.7. The van der Waals surface area contributed by atoms with E-state index in [0.717, 1.165) is 18.2 Å². The van der Waals surface area contributed by atoms with E-state index in [1.165, 1.54) is 0 Å². The summed E-state index contributed by atoms with van der Waals surface area (Å²) < 4.78 is 31.8. The minimum atomic E-state index is -0.636. The lowest BCUT2D eigenvalue weighted by Crippen LogP contribution is -2.39. The molecule has 0 spiro atoms. The van der Waals surface area contributed by atoms with Gasteiger partial charge in [0.2, 0.25) is 11.8 Å². The Morgan fingerprint density at radius 3 is 2.64 bits per heavy atom. The molecule has 0 aliphatic heterocycles. The lowest BCUT2D eigenvalue weighted by Gasteiger charge is -2.20. The maximum absolute atomic E-state index is 13.7. The second kappa shape index (κ2) is 6.65. The van der Waals surface area contributed by atoms with E-state index in [1.807, 2.05) is 0 Å². The molecule has 2 N–H and O–H groups in total. The largest absolute Gasteiger partial charge is 0.338 e. The Morgan fingerprint density at radius 1 is 1.27 bits per heavy atom. The molecule has 0 radical (unpaired) electrons. The number of carbonyl (C=O) groups excluding carboxylic acids is 1. The molecule has 2 aromatic rings. The molecule has 2 rings (SSSR count). The molecule has 1 aromatic carbocycles. The maximum Gasteiger partial charge on any atom is 0.243 e. The summed E-state index contributed by atoms with van der Waals surface area (Å²) >= 11 is 0. The monoisotopic (exact) mass is 309 g/mol. The summed E-state index contributed by atoms with van der Waals surface area (Å²) in [6, 6.07) is 3.63. The molecule has 0 saturated heterocycles. The second-order valence-corrected chi connectivity index (χ2v) is 5.10. The number of hydrogen-bond acceptors (Lipinski definition) is 4. The predicted octanol–water partition coefficient (Wildman–Crippen LogP) is 2.94. The van der Waals surface area contributed by atoms with Crippen molar-refractivity contribution in [3.63, 3.8) is 0 Å². The first-order valence-electron chi connectivity index (χ1n) is 6.82. The first kappa shape index (κ1) is 16.1. The number of nitrogens with zero attached hydrogens (tertiary/aromatic N) is 1. The lowest BCUT2D eigenvalue weighted by molar-refractivity contribution is -0.118. The van der Waals surface area contributed by atoms with Gasteiger partial charge in [-0.2, -0.15) is 0 Å². The number of rotatable bonds is 5. The molecule has 0 bridgehead atoms. The highest BCUT2D eigenvalue weighted by Gasteiger charge is 2.19. The third-order valence-corrected chi connectivity index (χ3v) is 3.19. The SMILES string of the molecule is Cc1cc(NC(=O)C(C)NC(C)c2cc(F)ccc2F)on1. The van der Waals surface area contributed by atoms with Gasteiger partial charge in [-0.15, -0.1) is 0 Å². The summed E-state index contributed by atoms with van der Waals surface area (Å²) in [6.07, 6.45) is 0. The number of nitrogens with one attached hydrogen (secondary N) is 2. The number of aromatic nitrogens is 1. The summed E-state index contributed by atoms with van der Waals surface area (Å²) in [5, 5.41) is 9.11. The van der Waals surface area contributed by atoms with Gasteiger partial charge in [0.25, 0.3) is 0 Å². The average Bonchev–Trinajstić information content (AvgIpc) is 2.86. The topological polar surface area (TPSA) is 67.2 Å². The highest BCUT2D eigenvalue weighted by atomic mass is 19.1. The fourth-order valence-electron chi connectivity index (χ4n) is 2.04. The standard InChI is InChI=1S/C15H17F2N3O2/c1-8-6-14(22-20-8)19-15(21)10(3)18-9(2)12-7-11(16)4-5-13(12)17/h4-7,9-10,18H,1-3H3,(H,19,21). The third-order valence-electron chi connectivity index (χ3n) is 3.19. The number of benzene rings is 1. The van der Waals surface area contributed by atoms with Crippen LogP contribution in [0, 0.1) is 18.6 Å². The van der Waals surface area contributed by atoms with Gasteiger partial charge in [0.05, 0.1) is 11.7 Å². The zero-order valence-electron chi connectivity index (χ0n) is 12.5. The van der Waals surface area contributed by atoms with Crippen LogP contribution in [0.1, 0.15) is 31.1 Å². The van der Waals surface area contributed by atoms with Crippen molar-refractivity contribution in [1.29, 1.82) is 0 Å². The molecule has 7 heteroatoms. The Morgan fingerprint density at radius 2 is 2.00 bits per heavy atom. The summed E-state index contributed by atoms with van der Waals surface area (Å²) in [4.78, 5) is 12.0. The van der Waals surface area contributed by atoms with Crippen molar-refractivity contribution in [3.05, 3.63) is 47.2 Å². The Balaban J connectivity index is 1.99. The number of aryl methyl sites for hydroxylation is 1. The number of amides is 1. The normalized spacial score (nSPS) is 13.7. The van der Waals surface area contributed by atoms with Crippen LogP contribution < -0.4 is 10.6 Å². The van der Waals surface area contributed by atoms with E-state index in [2.05, 4.69) is 15.8 Å². The number of hydrogen-bond donors (Lipinski definition) is 2. The van der Waals surface area contributed by atoms with Crippen LogP contribution in [0.4, 0.5) is 14.7 Å². The fourth-order valence-corrected chi connectivity index (χ4v) is 2.04. The van der Waals surface area contributed by atoms with Gasteiger partial charge < -0.3 is 4.52 Å². The first-order chi connectivity index (χ1) is 10.4. The van der Waals surface area contributed by atoms with Gasteiger partial charge in [0.1, 0.15) is 11.6 Å².